The Balaban J connectivity index is 2.62. The second kappa shape index (κ2) is 3.89. The maximum atomic E-state index is 11.4. The monoisotopic (exact) mass is 253 g/mol. The molecule has 0 amide bonds. The van der Waals surface area contributed by atoms with Crippen LogP contribution in [-0.2, 0) is 21.2 Å². The van der Waals surface area contributed by atoms with E-state index in [0.29, 0.717) is 5.52 Å². The first-order valence-electron chi connectivity index (χ1n) is 4.89. The van der Waals surface area contributed by atoms with Crippen molar-refractivity contribution in [1.82, 2.24) is 4.57 Å². The maximum Gasteiger partial charge on any atom is 0.323 e. The van der Waals surface area contributed by atoms with E-state index >= 15 is 0 Å². The minimum absolute atomic E-state index is 0.184. The zero-order chi connectivity index (χ0) is 12.6. The minimum Gasteiger partial charge on any atom is -0.480 e. The predicted molar refractivity (Wildman–Crippen MR) is 62.7 cm³/mol. The third-order valence-corrected chi connectivity index (χ3v) is 3.59. The van der Waals surface area contributed by atoms with Crippen molar-refractivity contribution in [2.24, 2.45) is 0 Å². The molecule has 0 aliphatic carbocycles. The molecule has 0 aliphatic heterocycles. The van der Waals surface area contributed by atoms with Crippen LogP contribution in [0, 0.1) is 0 Å². The lowest BCUT2D eigenvalue weighted by molar-refractivity contribution is -0.137. The number of sulfone groups is 1. The molecular formula is C11H11NO4S. The number of carboxylic acid groups (broad SMARTS) is 1. The Labute approximate surface area is 98.2 Å². The number of aromatic nitrogens is 1. The highest BCUT2D eigenvalue weighted by molar-refractivity contribution is 7.90. The molecule has 2 aromatic rings. The number of rotatable bonds is 3. The van der Waals surface area contributed by atoms with E-state index in [-0.39, 0.29) is 11.4 Å². The molecule has 1 aromatic heterocycles. The Hall–Kier alpha value is -1.82. The fourth-order valence-electron chi connectivity index (χ4n) is 1.68. The Morgan fingerprint density at radius 2 is 2.06 bits per heavy atom. The first-order valence-corrected chi connectivity index (χ1v) is 6.78. The van der Waals surface area contributed by atoms with Crippen LogP contribution in [0.4, 0.5) is 0 Å². The van der Waals surface area contributed by atoms with Crippen LogP contribution in [0.3, 0.4) is 0 Å². The van der Waals surface area contributed by atoms with E-state index in [4.69, 9.17) is 5.11 Å². The number of fused-ring (bicyclic) bond motifs is 1. The van der Waals surface area contributed by atoms with E-state index in [1.54, 1.807) is 18.3 Å². The number of benzene rings is 1. The highest BCUT2D eigenvalue weighted by atomic mass is 32.2. The lowest BCUT2D eigenvalue weighted by Crippen LogP contribution is -2.07. The van der Waals surface area contributed by atoms with Gasteiger partial charge in [0, 0.05) is 18.0 Å². The average molecular weight is 253 g/mol. The van der Waals surface area contributed by atoms with Gasteiger partial charge in [-0.2, -0.15) is 0 Å². The van der Waals surface area contributed by atoms with Gasteiger partial charge in [0.05, 0.1) is 4.90 Å². The summed E-state index contributed by atoms with van der Waals surface area (Å²) < 4.78 is 24.3. The Morgan fingerprint density at radius 3 is 2.65 bits per heavy atom. The van der Waals surface area contributed by atoms with Gasteiger partial charge in [0.15, 0.2) is 9.84 Å². The maximum absolute atomic E-state index is 11.4. The smallest absolute Gasteiger partial charge is 0.323 e. The van der Waals surface area contributed by atoms with Crippen LogP contribution in [0.15, 0.2) is 35.4 Å². The van der Waals surface area contributed by atoms with Crippen molar-refractivity contribution in [3.8, 4) is 0 Å². The number of nitrogens with zero attached hydrogens (tertiary/aromatic N) is 1. The largest absolute Gasteiger partial charge is 0.480 e. The van der Waals surface area contributed by atoms with Gasteiger partial charge in [0.2, 0.25) is 0 Å². The third-order valence-electron chi connectivity index (χ3n) is 2.48. The lowest BCUT2D eigenvalue weighted by Gasteiger charge is -2.03. The van der Waals surface area contributed by atoms with Crippen LogP contribution < -0.4 is 0 Å². The van der Waals surface area contributed by atoms with Crippen LogP contribution in [0.1, 0.15) is 0 Å². The summed E-state index contributed by atoms with van der Waals surface area (Å²) in [7, 11) is -3.28. The second-order valence-electron chi connectivity index (χ2n) is 3.83. The van der Waals surface area contributed by atoms with E-state index in [2.05, 4.69) is 0 Å². The fourth-order valence-corrected chi connectivity index (χ4v) is 2.32. The fraction of sp³-hybridized carbons (Fsp3) is 0.182. The predicted octanol–water partition coefficient (Wildman–Crippen LogP) is 1.13. The molecule has 0 saturated carbocycles. The summed E-state index contributed by atoms with van der Waals surface area (Å²) in [6.07, 6.45) is 2.75. The van der Waals surface area contributed by atoms with Crippen LogP contribution in [0.5, 0.6) is 0 Å². The molecule has 0 atom stereocenters. The number of hydrogen-bond donors (Lipinski definition) is 1. The minimum atomic E-state index is -3.28. The topological polar surface area (TPSA) is 76.4 Å². The van der Waals surface area contributed by atoms with Gasteiger partial charge in [-0.1, -0.05) is 6.07 Å². The number of hydrogen-bond acceptors (Lipinski definition) is 3. The van der Waals surface area contributed by atoms with Gasteiger partial charge in [-0.3, -0.25) is 4.79 Å². The highest BCUT2D eigenvalue weighted by Gasteiger charge is 2.10. The SMILES string of the molecule is CS(=O)(=O)c1ccc2ccn(CC(=O)O)c2c1. The van der Waals surface area contributed by atoms with Gasteiger partial charge in [0.25, 0.3) is 0 Å². The summed E-state index contributed by atoms with van der Waals surface area (Å²) in [6, 6.07) is 6.44. The molecule has 1 heterocycles. The van der Waals surface area contributed by atoms with Crippen molar-refractivity contribution in [3.63, 3.8) is 0 Å². The summed E-state index contributed by atoms with van der Waals surface area (Å²) in [5.74, 6) is -0.966. The van der Waals surface area contributed by atoms with E-state index in [9.17, 15) is 13.2 Å². The van der Waals surface area contributed by atoms with Crippen molar-refractivity contribution < 1.29 is 18.3 Å². The van der Waals surface area contributed by atoms with Crippen LogP contribution in [0.25, 0.3) is 10.9 Å². The summed E-state index contributed by atoms with van der Waals surface area (Å²) >= 11 is 0. The average Bonchev–Trinajstić information content (AvgIpc) is 2.59. The van der Waals surface area contributed by atoms with Crippen molar-refractivity contribution in [2.45, 2.75) is 11.4 Å². The Kier molecular flexibility index (Phi) is 2.66. The zero-order valence-corrected chi connectivity index (χ0v) is 9.94. The third kappa shape index (κ3) is 2.31. The van der Waals surface area contributed by atoms with Crippen LogP contribution in [0.2, 0.25) is 0 Å². The molecule has 0 spiro atoms. The van der Waals surface area contributed by atoms with E-state index < -0.39 is 15.8 Å². The Morgan fingerprint density at radius 1 is 1.35 bits per heavy atom. The molecule has 0 unspecified atom stereocenters. The molecule has 0 radical (unpaired) electrons. The van der Waals surface area contributed by atoms with Gasteiger partial charge in [-0.15, -0.1) is 0 Å². The van der Waals surface area contributed by atoms with Gasteiger partial charge < -0.3 is 9.67 Å². The van der Waals surface area contributed by atoms with E-state index in [0.717, 1.165) is 11.6 Å². The molecule has 0 saturated heterocycles. The molecule has 6 heteroatoms. The van der Waals surface area contributed by atoms with Gasteiger partial charge in [-0.05, 0) is 23.6 Å². The molecule has 17 heavy (non-hydrogen) atoms. The van der Waals surface area contributed by atoms with Crippen molar-refractivity contribution in [3.05, 3.63) is 30.5 Å². The standard InChI is InChI=1S/C11H11NO4S/c1-17(15,16)9-3-2-8-4-5-12(7-11(13)14)10(8)6-9/h2-6H,7H2,1H3,(H,13,14). The molecular weight excluding hydrogens is 242 g/mol. The molecule has 5 nitrogen and oxygen atoms in total. The van der Waals surface area contributed by atoms with Gasteiger partial charge in [0.1, 0.15) is 6.54 Å². The van der Waals surface area contributed by atoms with Crippen LogP contribution in [-0.4, -0.2) is 30.3 Å². The Bertz CT molecular complexity index is 685. The summed E-state index contributed by atoms with van der Waals surface area (Å²) in [5.41, 5.74) is 0.607. The normalized spacial score (nSPS) is 11.8. The first-order chi connectivity index (χ1) is 7.88. The zero-order valence-electron chi connectivity index (χ0n) is 9.12. The molecule has 0 aliphatic rings. The first kappa shape index (κ1) is 11.7. The summed E-state index contributed by atoms with van der Waals surface area (Å²) in [4.78, 5) is 10.8. The van der Waals surface area contributed by atoms with Crippen molar-refractivity contribution >= 4 is 26.7 Å². The summed E-state index contributed by atoms with van der Waals surface area (Å²) in [6.45, 7) is -0.184. The van der Waals surface area contributed by atoms with Gasteiger partial charge >= 0.3 is 5.97 Å². The molecule has 1 N–H and O–H groups in total. The number of aliphatic carboxylic acids is 1. The molecule has 1 aromatic carbocycles. The number of carbonyl (C=O) groups is 1. The van der Waals surface area contributed by atoms with Crippen LogP contribution >= 0.6 is 0 Å². The highest BCUT2D eigenvalue weighted by Crippen LogP contribution is 2.20. The molecule has 90 valence electrons. The lowest BCUT2D eigenvalue weighted by atomic mass is 10.2. The molecule has 0 bridgehead atoms. The van der Waals surface area contributed by atoms with Crippen molar-refractivity contribution in [1.29, 1.82) is 0 Å². The quantitative estimate of drug-likeness (QED) is 0.889. The van der Waals surface area contributed by atoms with E-state index in [1.165, 1.54) is 16.7 Å². The van der Waals surface area contributed by atoms with Gasteiger partial charge in [-0.25, -0.2) is 8.42 Å². The second-order valence-corrected chi connectivity index (χ2v) is 5.85. The summed E-state index contributed by atoms with van der Waals surface area (Å²) in [5, 5.41) is 9.55. The number of carboxylic acids is 1. The molecule has 0 fully saturated rings. The molecule has 2 rings (SSSR count). The van der Waals surface area contributed by atoms with E-state index in [1.807, 2.05) is 0 Å². The van der Waals surface area contributed by atoms with Crippen molar-refractivity contribution in [2.75, 3.05) is 6.26 Å².